The normalized spacial score (nSPS) is 19.5. The van der Waals surface area contributed by atoms with Gasteiger partial charge in [0, 0.05) is 56.0 Å². The maximum absolute atomic E-state index is 12.4. The van der Waals surface area contributed by atoms with Crippen LogP contribution >= 0.6 is 0 Å². The molecule has 0 atom stereocenters. The average Bonchev–Trinajstić information content (AvgIpc) is 2.56. The van der Waals surface area contributed by atoms with Crippen LogP contribution in [0.25, 0.3) is 0 Å². The standard InChI is InChI=1S/C20H31N3O2/c1-14-12-21-18(15(2)19(14)25-4)13-23-10-8-17(9-11-23)22(3)20(24)16-6-5-7-16/h12,16-17H,5-11,13H2,1-4H3. The van der Waals surface area contributed by atoms with Crippen molar-refractivity contribution in [1.82, 2.24) is 14.8 Å². The van der Waals surface area contributed by atoms with Crippen LogP contribution in [0.1, 0.15) is 48.9 Å². The quantitative estimate of drug-likeness (QED) is 0.823. The molecule has 0 N–H and O–H groups in total. The first kappa shape index (κ1) is 18.2. The molecule has 0 bridgehead atoms. The number of aryl methyl sites for hydroxylation is 1. The Morgan fingerprint density at radius 1 is 1.28 bits per heavy atom. The fourth-order valence-corrected chi connectivity index (χ4v) is 4.03. The predicted octanol–water partition coefficient (Wildman–Crippen LogP) is 2.93. The number of likely N-dealkylation sites (tertiary alicyclic amines) is 1. The summed E-state index contributed by atoms with van der Waals surface area (Å²) in [4.78, 5) is 21.5. The molecule has 0 unspecified atom stereocenters. The molecule has 5 nitrogen and oxygen atoms in total. The third-order valence-electron chi connectivity index (χ3n) is 6.03. The number of nitrogens with zero attached hydrogens (tertiary/aromatic N) is 3. The van der Waals surface area contributed by atoms with Crippen LogP contribution in [-0.2, 0) is 11.3 Å². The van der Waals surface area contributed by atoms with E-state index in [1.54, 1.807) is 7.11 Å². The summed E-state index contributed by atoms with van der Waals surface area (Å²) in [5.74, 6) is 1.62. The summed E-state index contributed by atoms with van der Waals surface area (Å²) >= 11 is 0. The highest BCUT2D eigenvalue weighted by Gasteiger charge is 2.32. The highest BCUT2D eigenvalue weighted by atomic mass is 16.5. The summed E-state index contributed by atoms with van der Waals surface area (Å²) in [6.07, 6.45) is 7.40. The molecule has 1 saturated carbocycles. The van der Waals surface area contributed by atoms with E-state index in [9.17, 15) is 4.79 Å². The van der Waals surface area contributed by atoms with Crippen LogP contribution in [-0.4, -0.2) is 54.0 Å². The molecule has 3 rings (SSSR count). The van der Waals surface area contributed by atoms with Crippen LogP contribution in [0.15, 0.2) is 6.20 Å². The number of aromatic nitrogens is 1. The number of methoxy groups -OCH3 is 1. The monoisotopic (exact) mass is 345 g/mol. The minimum absolute atomic E-state index is 0.301. The van der Waals surface area contributed by atoms with Gasteiger partial charge in [-0.1, -0.05) is 6.42 Å². The van der Waals surface area contributed by atoms with Gasteiger partial charge in [0.2, 0.25) is 5.91 Å². The van der Waals surface area contributed by atoms with Gasteiger partial charge in [-0.15, -0.1) is 0 Å². The zero-order chi connectivity index (χ0) is 18.0. The maximum Gasteiger partial charge on any atom is 0.225 e. The van der Waals surface area contributed by atoms with E-state index in [1.807, 2.05) is 25.1 Å². The second kappa shape index (κ2) is 7.73. The van der Waals surface area contributed by atoms with Gasteiger partial charge in [0.05, 0.1) is 12.8 Å². The van der Waals surface area contributed by atoms with Crippen molar-refractivity contribution < 1.29 is 9.53 Å². The molecular formula is C20H31N3O2. The zero-order valence-corrected chi connectivity index (χ0v) is 16.0. The molecular weight excluding hydrogens is 314 g/mol. The second-order valence-electron chi connectivity index (χ2n) is 7.63. The molecule has 2 aliphatic rings. The van der Waals surface area contributed by atoms with Crippen LogP contribution in [0.5, 0.6) is 5.75 Å². The lowest BCUT2D eigenvalue weighted by molar-refractivity contribution is -0.139. The SMILES string of the molecule is COc1c(C)cnc(CN2CCC(N(C)C(=O)C3CCC3)CC2)c1C. The molecule has 1 aromatic rings. The summed E-state index contributed by atoms with van der Waals surface area (Å²) < 4.78 is 5.52. The number of carbonyl (C=O) groups excluding carboxylic acids is 1. The largest absolute Gasteiger partial charge is 0.496 e. The summed E-state index contributed by atoms with van der Waals surface area (Å²) in [5.41, 5.74) is 3.32. The van der Waals surface area contributed by atoms with Gasteiger partial charge in [-0.25, -0.2) is 0 Å². The molecule has 25 heavy (non-hydrogen) atoms. The van der Waals surface area contributed by atoms with Crippen LogP contribution in [0.3, 0.4) is 0 Å². The van der Waals surface area contributed by atoms with E-state index in [-0.39, 0.29) is 0 Å². The maximum atomic E-state index is 12.4. The van der Waals surface area contributed by atoms with E-state index in [2.05, 4.69) is 16.8 Å². The molecule has 2 heterocycles. The molecule has 0 aromatic carbocycles. The lowest BCUT2D eigenvalue weighted by Crippen LogP contribution is -2.48. The number of amides is 1. The van der Waals surface area contributed by atoms with Crippen LogP contribution in [0.2, 0.25) is 0 Å². The van der Waals surface area contributed by atoms with Crippen LogP contribution in [0, 0.1) is 19.8 Å². The molecule has 0 spiro atoms. The lowest BCUT2D eigenvalue weighted by Gasteiger charge is -2.39. The Bertz CT molecular complexity index is 620. The number of hydrogen-bond donors (Lipinski definition) is 0. The Morgan fingerprint density at radius 3 is 2.52 bits per heavy atom. The predicted molar refractivity (Wildman–Crippen MR) is 98.7 cm³/mol. The van der Waals surface area contributed by atoms with Gasteiger partial charge < -0.3 is 9.64 Å². The molecule has 1 aliphatic heterocycles. The average molecular weight is 345 g/mol. The van der Waals surface area contributed by atoms with Gasteiger partial charge in [-0.05, 0) is 39.5 Å². The van der Waals surface area contributed by atoms with Gasteiger partial charge in [0.15, 0.2) is 0 Å². The number of piperidine rings is 1. The van der Waals surface area contributed by atoms with Crippen molar-refractivity contribution in [1.29, 1.82) is 0 Å². The highest BCUT2D eigenvalue weighted by molar-refractivity contribution is 5.79. The second-order valence-corrected chi connectivity index (χ2v) is 7.63. The lowest BCUT2D eigenvalue weighted by atomic mass is 9.84. The smallest absolute Gasteiger partial charge is 0.225 e. The van der Waals surface area contributed by atoms with Crippen LogP contribution in [0.4, 0.5) is 0 Å². The molecule has 5 heteroatoms. The fourth-order valence-electron chi connectivity index (χ4n) is 4.03. The van der Waals surface area contributed by atoms with Gasteiger partial charge in [-0.2, -0.15) is 0 Å². The molecule has 1 aromatic heterocycles. The molecule has 1 saturated heterocycles. The zero-order valence-electron chi connectivity index (χ0n) is 16.0. The van der Waals surface area contributed by atoms with Gasteiger partial charge in [0.25, 0.3) is 0 Å². The third-order valence-corrected chi connectivity index (χ3v) is 6.03. The first-order valence-corrected chi connectivity index (χ1v) is 9.49. The minimum atomic E-state index is 0.301. The molecule has 138 valence electrons. The summed E-state index contributed by atoms with van der Waals surface area (Å²) in [6.45, 7) is 7.01. The third kappa shape index (κ3) is 3.81. The topological polar surface area (TPSA) is 45.7 Å². The minimum Gasteiger partial charge on any atom is -0.496 e. The number of pyridine rings is 1. The van der Waals surface area contributed by atoms with Gasteiger partial charge >= 0.3 is 0 Å². The van der Waals surface area contributed by atoms with E-state index in [4.69, 9.17) is 4.74 Å². The summed E-state index contributed by atoms with van der Waals surface area (Å²) in [6, 6.07) is 0.394. The molecule has 2 fully saturated rings. The number of hydrogen-bond acceptors (Lipinski definition) is 4. The Hall–Kier alpha value is -1.62. The van der Waals surface area contributed by atoms with E-state index < -0.39 is 0 Å². The fraction of sp³-hybridized carbons (Fsp3) is 0.700. The first-order valence-electron chi connectivity index (χ1n) is 9.49. The first-order chi connectivity index (χ1) is 12.0. The number of ether oxygens (including phenoxy) is 1. The van der Waals surface area contributed by atoms with Crippen molar-refractivity contribution in [3.8, 4) is 5.75 Å². The van der Waals surface area contributed by atoms with Crippen molar-refractivity contribution in [3.63, 3.8) is 0 Å². The van der Waals surface area contributed by atoms with Gasteiger partial charge in [-0.3, -0.25) is 14.7 Å². The van der Waals surface area contributed by atoms with Crippen molar-refractivity contribution in [2.75, 3.05) is 27.2 Å². The van der Waals surface area contributed by atoms with Crippen molar-refractivity contribution in [3.05, 3.63) is 23.0 Å². The van der Waals surface area contributed by atoms with E-state index >= 15 is 0 Å². The Balaban J connectivity index is 1.55. The van der Waals surface area contributed by atoms with Crippen LogP contribution < -0.4 is 4.74 Å². The Kier molecular flexibility index (Phi) is 5.62. The number of carbonyl (C=O) groups is 1. The molecule has 1 amide bonds. The van der Waals surface area contributed by atoms with E-state index in [0.29, 0.717) is 17.9 Å². The van der Waals surface area contributed by atoms with E-state index in [0.717, 1.165) is 67.9 Å². The van der Waals surface area contributed by atoms with Crippen molar-refractivity contribution in [2.24, 2.45) is 5.92 Å². The Labute approximate surface area is 151 Å². The molecule has 0 radical (unpaired) electrons. The summed E-state index contributed by atoms with van der Waals surface area (Å²) in [7, 11) is 3.72. The number of rotatable bonds is 5. The van der Waals surface area contributed by atoms with E-state index in [1.165, 1.54) is 6.42 Å². The summed E-state index contributed by atoms with van der Waals surface area (Å²) in [5, 5.41) is 0. The van der Waals surface area contributed by atoms with Gasteiger partial charge in [0.1, 0.15) is 5.75 Å². The highest BCUT2D eigenvalue weighted by Crippen LogP contribution is 2.30. The molecule has 1 aliphatic carbocycles. The van der Waals surface area contributed by atoms with Crippen molar-refractivity contribution >= 4 is 5.91 Å². The Morgan fingerprint density at radius 2 is 1.96 bits per heavy atom. The van der Waals surface area contributed by atoms with Crippen molar-refractivity contribution in [2.45, 2.75) is 58.5 Å².